The van der Waals surface area contributed by atoms with Crippen LogP contribution >= 0.6 is 0 Å². The van der Waals surface area contributed by atoms with Crippen LogP contribution in [0.25, 0.3) is 0 Å². The summed E-state index contributed by atoms with van der Waals surface area (Å²) in [7, 11) is 0. The number of hydrogen-bond acceptors (Lipinski definition) is 6. The van der Waals surface area contributed by atoms with Crippen molar-refractivity contribution < 1.29 is 19.1 Å². The molecule has 2 aliphatic heterocycles. The summed E-state index contributed by atoms with van der Waals surface area (Å²) in [6.07, 6.45) is 3.91. The molecule has 3 amide bonds. The van der Waals surface area contributed by atoms with Crippen LogP contribution in [0.1, 0.15) is 46.4 Å². The molecule has 1 saturated heterocycles. The Bertz CT molecular complexity index is 883. The molecule has 3 heterocycles. The van der Waals surface area contributed by atoms with E-state index in [-0.39, 0.29) is 36.8 Å². The van der Waals surface area contributed by atoms with E-state index >= 15 is 0 Å². The zero-order chi connectivity index (χ0) is 20.2. The summed E-state index contributed by atoms with van der Waals surface area (Å²) < 4.78 is 5.82. The quantitative estimate of drug-likeness (QED) is 0.695. The maximum absolute atomic E-state index is 12.6. The van der Waals surface area contributed by atoms with Gasteiger partial charge in [0.05, 0.1) is 17.7 Å². The third-order valence-electron chi connectivity index (χ3n) is 5.22. The summed E-state index contributed by atoms with van der Waals surface area (Å²) in [4.78, 5) is 40.4. The van der Waals surface area contributed by atoms with Gasteiger partial charge in [0.1, 0.15) is 6.10 Å². The molecule has 0 spiro atoms. The van der Waals surface area contributed by atoms with Gasteiger partial charge < -0.3 is 9.64 Å². The second-order valence-electron chi connectivity index (χ2n) is 7.19. The van der Waals surface area contributed by atoms with Gasteiger partial charge in [-0.05, 0) is 37.5 Å². The first kappa shape index (κ1) is 19.0. The summed E-state index contributed by atoms with van der Waals surface area (Å²) in [5.74, 6) is -0.103. The summed E-state index contributed by atoms with van der Waals surface area (Å²) in [5, 5.41) is 7.72. The van der Waals surface area contributed by atoms with E-state index in [1.165, 1.54) is 4.90 Å². The second kappa shape index (κ2) is 8.38. The molecule has 29 heavy (non-hydrogen) atoms. The van der Waals surface area contributed by atoms with Gasteiger partial charge in [-0.1, -0.05) is 12.1 Å². The number of hydrogen-bond donors (Lipinski definition) is 0. The van der Waals surface area contributed by atoms with Crippen LogP contribution in [0.3, 0.4) is 0 Å². The van der Waals surface area contributed by atoms with Crippen molar-refractivity contribution in [2.24, 2.45) is 0 Å². The minimum atomic E-state index is -0.284. The topological polar surface area (TPSA) is 92.7 Å². The molecule has 2 aliphatic rings. The van der Waals surface area contributed by atoms with Crippen LogP contribution in [0, 0.1) is 0 Å². The number of carbonyl (C=O) groups is 3. The van der Waals surface area contributed by atoms with Crippen molar-refractivity contribution in [1.29, 1.82) is 0 Å². The fraction of sp³-hybridized carbons (Fsp3) is 0.381. The van der Waals surface area contributed by atoms with Gasteiger partial charge in [0, 0.05) is 31.8 Å². The van der Waals surface area contributed by atoms with E-state index in [4.69, 9.17) is 4.74 Å². The largest absolute Gasteiger partial charge is 0.471 e. The number of aromatic nitrogens is 2. The number of benzene rings is 1. The average Bonchev–Trinajstić information content (AvgIpc) is 3.00. The molecule has 0 aliphatic carbocycles. The fourth-order valence-electron chi connectivity index (χ4n) is 3.77. The molecular formula is C21H22N4O4. The molecule has 8 heteroatoms. The molecule has 2 aromatic rings. The van der Waals surface area contributed by atoms with Crippen molar-refractivity contribution in [3.05, 3.63) is 53.7 Å². The fourth-order valence-corrected chi connectivity index (χ4v) is 3.77. The Morgan fingerprint density at radius 1 is 1.10 bits per heavy atom. The van der Waals surface area contributed by atoms with Gasteiger partial charge in [0.25, 0.3) is 11.8 Å². The number of imide groups is 1. The lowest BCUT2D eigenvalue weighted by Gasteiger charge is -2.32. The van der Waals surface area contributed by atoms with Crippen LogP contribution in [0.4, 0.5) is 0 Å². The zero-order valence-corrected chi connectivity index (χ0v) is 16.0. The summed E-state index contributed by atoms with van der Waals surface area (Å²) in [6, 6.07) is 10.3. The summed E-state index contributed by atoms with van der Waals surface area (Å²) in [5.41, 5.74) is 0.868. The highest BCUT2D eigenvalue weighted by atomic mass is 16.5. The van der Waals surface area contributed by atoms with Crippen LogP contribution in [0.5, 0.6) is 5.88 Å². The molecule has 0 N–H and O–H groups in total. The van der Waals surface area contributed by atoms with Gasteiger partial charge in [-0.25, -0.2) is 0 Å². The van der Waals surface area contributed by atoms with E-state index < -0.39 is 0 Å². The SMILES string of the molecule is O=C(CCCN1C(=O)c2ccccc2C1=O)N1CCCC(Oc2cccnn2)C1. The van der Waals surface area contributed by atoms with E-state index in [1.54, 1.807) is 47.5 Å². The van der Waals surface area contributed by atoms with E-state index in [9.17, 15) is 14.4 Å². The number of ether oxygens (including phenoxy) is 1. The van der Waals surface area contributed by atoms with Gasteiger partial charge in [-0.15, -0.1) is 5.10 Å². The lowest BCUT2D eigenvalue weighted by atomic mass is 10.1. The third kappa shape index (κ3) is 4.11. The van der Waals surface area contributed by atoms with Crippen LogP contribution < -0.4 is 4.74 Å². The zero-order valence-electron chi connectivity index (χ0n) is 16.0. The van der Waals surface area contributed by atoms with Gasteiger partial charge in [-0.2, -0.15) is 5.10 Å². The minimum absolute atomic E-state index is 0.00838. The molecule has 0 bridgehead atoms. The van der Waals surface area contributed by atoms with Crippen LogP contribution in [0.2, 0.25) is 0 Å². The number of fused-ring (bicyclic) bond motifs is 1. The smallest absolute Gasteiger partial charge is 0.261 e. The van der Waals surface area contributed by atoms with E-state index in [0.29, 0.717) is 36.5 Å². The van der Waals surface area contributed by atoms with Gasteiger partial charge in [0.2, 0.25) is 11.8 Å². The van der Waals surface area contributed by atoms with Crippen molar-refractivity contribution in [3.8, 4) is 5.88 Å². The molecule has 4 rings (SSSR count). The standard InChI is InChI=1S/C21H22N4O4/c26-19(24-12-4-6-15(14-24)29-18-9-3-11-22-23-18)10-5-13-25-20(27)16-7-1-2-8-17(16)21(25)28/h1-3,7-9,11,15H,4-6,10,12-14H2. The first-order chi connectivity index (χ1) is 14.1. The van der Waals surface area contributed by atoms with Crippen molar-refractivity contribution >= 4 is 17.7 Å². The molecule has 0 radical (unpaired) electrons. The first-order valence-corrected chi connectivity index (χ1v) is 9.81. The predicted octanol–water partition coefficient (Wildman–Crippen LogP) is 1.92. The molecule has 1 atom stereocenters. The highest BCUT2D eigenvalue weighted by molar-refractivity contribution is 6.21. The van der Waals surface area contributed by atoms with E-state index in [0.717, 1.165) is 12.8 Å². The molecule has 1 aromatic carbocycles. The number of carbonyl (C=O) groups excluding carboxylic acids is 3. The van der Waals surface area contributed by atoms with E-state index in [2.05, 4.69) is 10.2 Å². The number of nitrogens with zero attached hydrogens (tertiary/aromatic N) is 4. The number of likely N-dealkylation sites (tertiary alicyclic amines) is 1. The molecule has 1 aromatic heterocycles. The Labute approximate surface area is 168 Å². The Kier molecular flexibility index (Phi) is 5.50. The van der Waals surface area contributed by atoms with Gasteiger partial charge in [0.15, 0.2) is 0 Å². The molecule has 1 fully saturated rings. The maximum Gasteiger partial charge on any atom is 0.261 e. The molecule has 8 nitrogen and oxygen atoms in total. The summed E-state index contributed by atoms with van der Waals surface area (Å²) in [6.45, 7) is 1.43. The predicted molar refractivity (Wildman–Crippen MR) is 103 cm³/mol. The lowest BCUT2D eigenvalue weighted by Crippen LogP contribution is -2.44. The van der Waals surface area contributed by atoms with Crippen molar-refractivity contribution in [2.45, 2.75) is 31.8 Å². The van der Waals surface area contributed by atoms with Crippen LogP contribution in [0.15, 0.2) is 42.6 Å². The molecule has 150 valence electrons. The molecule has 0 saturated carbocycles. The molecular weight excluding hydrogens is 372 g/mol. The van der Waals surface area contributed by atoms with Gasteiger partial charge in [-0.3, -0.25) is 19.3 Å². The highest BCUT2D eigenvalue weighted by Crippen LogP contribution is 2.23. The maximum atomic E-state index is 12.6. The highest BCUT2D eigenvalue weighted by Gasteiger charge is 2.34. The van der Waals surface area contributed by atoms with Crippen molar-refractivity contribution in [1.82, 2.24) is 20.0 Å². The first-order valence-electron chi connectivity index (χ1n) is 9.81. The van der Waals surface area contributed by atoms with Gasteiger partial charge >= 0.3 is 0 Å². The third-order valence-corrected chi connectivity index (χ3v) is 5.22. The monoisotopic (exact) mass is 394 g/mol. The summed E-state index contributed by atoms with van der Waals surface area (Å²) >= 11 is 0. The van der Waals surface area contributed by atoms with E-state index in [1.807, 2.05) is 0 Å². The van der Waals surface area contributed by atoms with Crippen LogP contribution in [-0.4, -0.2) is 63.5 Å². The van der Waals surface area contributed by atoms with Crippen LogP contribution in [-0.2, 0) is 4.79 Å². The van der Waals surface area contributed by atoms with Crippen molar-refractivity contribution in [3.63, 3.8) is 0 Å². The number of amides is 3. The minimum Gasteiger partial charge on any atom is -0.471 e. The Morgan fingerprint density at radius 3 is 2.55 bits per heavy atom. The Balaban J connectivity index is 1.27. The lowest BCUT2D eigenvalue weighted by molar-refractivity contribution is -0.134. The number of piperidine rings is 1. The Morgan fingerprint density at radius 2 is 1.86 bits per heavy atom. The van der Waals surface area contributed by atoms with Crippen molar-refractivity contribution in [2.75, 3.05) is 19.6 Å². The average molecular weight is 394 g/mol. The number of rotatable bonds is 6. The molecule has 1 unspecified atom stereocenters. The second-order valence-corrected chi connectivity index (χ2v) is 7.19. The normalized spacial score (nSPS) is 18.7. The Hall–Kier alpha value is -3.29.